The average molecular weight is 821 g/mol. The van der Waals surface area contributed by atoms with E-state index in [-0.39, 0.29) is 23.0 Å². The van der Waals surface area contributed by atoms with Gasteiger partial charge >= 0.3 is 29.8 Å². The summed E-state index contributed by atoms with van der Waals surface area (Å²) in [6.45, 7) is 0.771. The number of rotatable bonds is 16. The number of hydrogen-bond acceptors (Lipinski definition) is 20. The summed E-state index contributed by atoms with van der Waals surface area (Å²) in [5.41, 5.74) is 0.799. The molecule has 2 heterocycles. The molecule has 0 aromatic heterocycles. The van der Waals surface area contributed by atoms with Gasteiger partial charge in [-0.05, 0) is 47.5 Å². The summed E-state index contributed by atoms with van der Waals surface area (Å²) >= 11 is 0. The predicted octanol–water partition coefficient (Wildman–Crippen LogP) is 0.274. The van der Waals surface area contributed by atoms with Crippen LogP contribution in [0.25, 0.3) is 12.2 Å². The predicted molar refractivity (Wildman–Crippen MR) is 192 cm³/mol. The highest BCUT2D eigenvalue weighted by Gasteiger charge is 2.64. The fourth-order valence-electron chi connectivity index (χ4n) is 5.75. The number of benzene rings is 2. The molecule has 2 aromatic rings. The molecular formula is C38H44O20. The topological polar surface area (TPSA) is 279 Å². The third-order valence-corrected chi connectivity index (χ3v) is 8.53. The van der Waals surface area contributed by atoms with Gasteiger partial charge in [0.15, 0.2) is 41.5 Å². The van der Waals surface area contributed by atoms with Gasteiger partial charge in [-0.15, -0.1) is 0 Å². The molecule has 0 aliphatic carbocycles. The lowest BCUT2D eigenvalue weighted by Gasteiger charge is -2.43. The van der Waals surface area contributed by atoms with Crippen molar-refractivity contribution in [3.05, 3.63) is 59.7 Å². The molecule has 9 atom stereocenters. The van der Waals surface area contributed by atoms with Gasteiger partial charge in [-0.1, -0.05) is 12.1 Å². The lowest BCUT2D eigenvalue weighted by molar-refractivity contribution is -0.383. The van der Waals surface area contributed by atoms with Gasteiger partial charge in [0.25, 0.3) is 0 Å². The van der Waals surface area contributed by atoms with E-state index in [0.717, 1.165) is 32.9 Å². The van der Waals surface area contributed by atoms with Crippen LogP contribution in [0.3, 0.4) is 0 Å². The van der Waals surface area contributed by atoms with E-state index in [1.54, 1.807) is 0 Å². The summed E-state index contributed by atoms with van der Waals surface area (Å²) < 4.78 is 54.8. The van der Waals surface area contributed by atoms with Crippen LogP contribution in [0, 0.1) is 0 Å². The van der Waals surface area contributed by atoms with Crippen molar-refractivity contribution in [1.82, 2.24) is 0 Å². The quantitative estimate of drug-likeness (QED) is 0.0863. The number of aromatic hydroxyl groups is 2. The lowest BCUT2D eigenvalue weighted by Crippen LogP contribution is -2.63. The molecule has 2 aromatic carbocycles. The molecule has 2 saturated heterocycles. The summed E-state index contributed by atoms with van der Waals surface area (Å²) in [7, 11) is 2.65. The van der Waals surface area contributed by atoms with Crippen LogP contribution in [-0.4, -0.2) is 144 Å². The molecule has 20 heteroatoms. The Hall–Kier alpha value is -5.77. The number of ether oxygens (including phenoxy) is 10. The second-order valence-corrected chi connectivity index (χ2v) is 12.8. The normalized spacial score (nSPS) is 26.8. The Morgan fingerprint density at radius 3 is 1.78 bits per heavy atom. The fraction of sp³-hybridized carbons (Fsp3) is 0.447. The Morgan fingerprint density at radius 1 is 0.690 bits per heavy atom. The molecule has 0 spiro atoms. The first kappa shape index (κ1) is 44.9. The number of esters is 5. The van der Waals surface area contributed by atoms with Crippen molar-refractivity contribution in [3.8, 4) is 23.0 Å². The van der Waals surface area contributed by atoms with Gasteiger partial charge in [0.2, 0.25) is 5.79 Å². The first-order valence-electron chi connectivity index (χ1n) is 17.4. The van der Waals surface area contributed by atoms with E-state index in [1.807, 2.05) is 0 Å². The van der Waals surface area contributed by atoms with E-state index in [9.17, 15) is 49.5 Å². The summed E-state index contributed by atoms with van der Waals surface area (Å²) in [4.78, 5) is 62.6. The molecule has 5 N–H and O–H groups in total. The molecule has 0 amide bonds. The second-order valence-electron chi connectivity index (χ2n) is 12.8. The SMILES string of the molecule is COc1cc(/C=C/C(=O)OC[C@H]2O[C@@](COC(C)=O)(O[C@@H]3O[C@H](COC(C)=O)[C@@H](O)[C@H](O)[C@H]3O)[C@@H](OC(=O)/C=C/c3ccc(O)c(OC)c3)[C@@H]2OC(C)=O)ccc1O. The number of carbonyl (C=O) groups excluding carboxylic acids is 5. The standard InChI is InChI=1S/C38H44O20/c1-19(39)51-16-28-32(46)33(47)34(48)37(55-28)58-38(18-53-20(2)40)36(56-31(45)13-9-23-7-11-25(43)27(15-23)50-5)35(54-21(3)41)29(57-38)17-52-30(44)12-8-22-6-10-24(42)26(14-22)49-4/h6-15,28-29,32-37,42-43,46-48H,16-18H2,1-5H3/b12-8+,13-9+/t28-,29-,32-,33+,34-,35-,36+,37+,38+/m1/s1. The smallest absolute Gasteiger partial charge is 0.331 e. The lowest BCUT2D eigenvalue weighted by atomic mass is 9.98. The monoisotopic (exact) mass is 820 g/mol. The van der Waals surface area contributed by atoms with E-state index in [2.05, 4.69) is 0 Å². The fourth-order valence-corrected chi connectivity index (χ4v) is 5.75. The average Bonchev–Trinajstić information content (AvgIpc) is 3.45. The molecule has 316 valence electrons. The Balaban J connectivity index is 1.72. The second kappa shape index (κ2) is 20.1. The zero-order valence-corrected chi connectivity index (χ0v) is 31.9. The molecule has 0 saturated carbocycles. The van der Waals surface area contributed by atoms with Crippen molar-refractivity contribution < 1.29 is 96.9 Å². The highest BCUT2D eigenvalue weighted by Crippen LogP contribution is 2.40. The molecule has 4 rings (SSSR count). The zero-order chi connectivity index (χ0) is 42.7. The van der Waals surface area contributed by atoms with Gasteiger partial charge in [-0.25, -0.2) is 9.59 Å². The molecule has 2 aliphatic heterocycles. The van der Waals surface area contributed by atoms with Gasteiger partial charge < -0.3 is 72.9 Å². The van der Waals surface area contributed by atoms with Crippen LogP contribution < -0.4 is 9.47 Å². The van der Waals surface area contributed by atoms with Crippen molar-refractivity contribution in [3.63, 3.8) is 0 Å². The zero-order valence-electron chi connectivity index (χ0n) is 31.9. The maximum atomic E-state index is 13.5. The van der Waals surface area contributed by atoms with Crippen LogP contribution >= 0.6 is 0 Å². The maximum Gasteiger partial charge on any atom is 0.331 e. The van der Waals surface area contributed by atoms with Gasteiger partial charge in [-0.2, -0.15) is 0 Å². The molecule has 20 nitrogen and oxygen atoms in total. The summed E-state index contributed by atoms with van der Waals surface area (Å²) in [6, 6.07) is 8.42. The van der Waals surface area contributed by atoms with Crippen LogP contribution in [-0.2, 0) is 61.9 Å². The molecular weight excluding hydrogens is 776 g/mol. The molecule has 2 fully saturated rings. The maximum absolute atomic E-state index is 13.5. The van der Waals surface area contributed by atoms with Gasteiger partial charge in [-0.3, -0.25) is 14.4 Å². The Labute approximate surface area is 331 Å². The van der Waals surface area contributed by atoms with E-state index < -0.39 is 104 Å². The molecule has 0 radical (unpaired) electrons. The Morgan fingerprint density at radius 2 is 1.24 bits per heavy atom. The van der Waals surface area contributed by atoms with Gasteiger partial charge in [0, 0.05) is 32.9 Å². The number of phenols is 2. The first-order chi connectivity index (χ1) is 27.5. The third-order valence-electron chi connectivity index (χ3n) is 8.53. The number of aliphatic hydroxyl groups is 3. The van der Waals surface area contributed by atoms with E-state index >= 15 is 0 Å². The van der Waals surface area contributed by atoms with Crippen LogP contribution in [0.4, 0.5) is 0 Å². The van der Waals surface area contributed by atoms with Crippen LogP contribution in [0.2, 0.25) is 0 Å². The van der Waals surface area contributed by atoms with Crippen molar-refractivity contribution in [2.45, 2.75) is 75.6 Å². The number of hydrogen-bond donors (Lipinski definition) is 5. The van der Waals surface area contributed by atoms with Gasteiger partial charge in [0.1, 0.15) is 50.3 Å². The number of phenolic OH excluding ortho intramolecular Hbond substituents is 2. The van der Waals surface area contributed by atoms with Crippen molar-refractivity contribution in [1.29, 1.82) is 0 Å². The summed E-state index contributed by atoms with van der Waals surface area (Å²) in [5, 5.41) is 52.1. The summed E-state index contributed by atoms with van der Waals surface area (Å²) in [6.07, 6.45) is -10.0. The molecule has 0 bridgehead atoms. The minimum absolute atomic E-state index is 0.0869. The van der Waals surface area contributed by atoms with Crippen molar-refractivity contribution >= 4 is 42.0 Å². The van der Waals surface area contributed by atoms with E-state index in [4.69, 9.17) is 47.4 Å². The minimum Gasteiger partial charge on any atom is -0.504 e. The highest BCUT2D eigenvalue weighted by atomic mass is 16.8. The number of methoxy groups -OCH3 is 2. The van der Waals surface area contributed by atoms with Crippen molar-refractivity contribution in [2.24, 2.45) is 0 Å². The highest BCUT2D eigenvalue weighted by molar-refractivity contribution is 5.88. The largest absolute Gasteiger partial charge is 0.504 e. The molecule has 0 unspecified atom stereocenters. The Kier molecular flexibility index (Phi) is 15.6. The van der Waals surface area contributed by atoms with Crippen LogP contribution in [0.1, 0.15) is 31.9 Å². The molecule has 2 aliphatic rings. The minimum atomic E-state index is -2.59. The van der Waals surface area contributed by atoms with Crippen LogP contribution in [0.15, 0.2) is 48.6 Å². The number of aliphatic hydroxyl groups excluding tert-OH is 3. The first-order valence-corrected chi connectivity index (χ1v) is 17.4. The summed E-state index contributed by atoms with van der Waals surface area (Å²) in [5.74, 6) is -7.41. The van der Waals surface area contributed by atoms with Crippen LogP contribution in [0.5, 0.6) is 23.0 Å². The Bertz CT molecular complexity index is 1860. The third kappa shape index (κ3) is 11.6. The van der Waals surface area contributed by atoms with Gasteiger partial charge in [0.05, 0.1) is 14.2 Å². The molecule has 58 heavy (non-hydrogen) atoms. The van der Waals surface area contributed by atoms with E-state index in [1.165, 1.54) is 62.8 Å². The van der Waals surface area contributed by atoms with E-state index in [0.29, 0.717) is 11.1 Å². The van der Waals surface area contributed by atoms with Crippen molar-refractivity contribution in [2.75, 3.05) is 34.0 Å². The number of carbonyl (C=O) groups is 5.